The Balaban J connectivity index is 1.98. The van der Waals surface area contributed by atoms with Crippen molar-refractivity contribution >= 4 is 12.2 Å². The van der Waals surface area contributed by atoms with Crippen LogP contribution >= 0.6 is 0 Å². The van der Waals surface area contributed by atoms with Crippen molar-refractivity contribution in [2.24, 2.45) is 0 Å². The first-order valence-corrected chi connectivity index (χ1v) is 5.25. The molecule has 1 nitrogen and oxygen atoms in total. The highest BCUT2D eigenvalue weighted by atomic mass is 14.6. The molecule has 0 spiro atoms. The van der Waals surface area contributed by atoms with Crippen molar-refractivity contribution in [3.05, 3.63) is 78.1 Å². The van der Waals surface area contributed by atoms with E-state index in [0.717, 1.165) is 5.56 Å². The summed E-state index contributed by atoms with van der Waals surface area (Å²) < 4.78 is 0. The van der Waals surface area contributed by atoms with E-state index in [9.17, 15) is 0 Å². The van der Waals surface area contributed by atoms with Crippen LogP contribution in [0.15, 0.2) is 67.0 Å². The highest BCUT2D eigenvalue weighted by Gasteiger charge is 1.82. The summed E-state index contributed by atoms with van der Waals surface area (Å²) in [7, 11) is 0. The third-order valence-corrected chi connectivity index (χ3v) is 2.17. The molecule has 0 aliphatic carbocycles. The van der Waals surface area contributed by atoms with Crippen LogP contribution in [0.5, 0.6) is 0 Å². The quantitative estimate of drug-likeness (QED) is 0.697. The Morgan fingerprint density at radius 3 is 2.12 bits per heavy atom. The molecule has 0 amide bonds. The van der Waals surface area contributed by atoms with Crippen LogP contribution in [0.4, 0.5) is 0 Å². The van der Waals surface area contributed by atoms with Crippen molar-refractivity contribution in [3.63, 3.8) is 0 Å². The zero-order valence-electron chi connectivity index (χ0n) is 8.95. The van der Waals surface area contributed by atoms with Gasteiger partial charge >= 0.3 is 0 Å². The SMILES string of the molecule is C(/C=C/c1cccnc1)=C\c1ccccc1. The van der Waals surface area contributed by atoms with Gasteiger partial charge in [0.15, 0.2) is 0 Å². The molecule has 0 saturated carbocycles. The number of hydrogen-bond acceptors (Lipinski definition) is 1. The van der Waals surface area contributed by atoms with E-state index < -0.39 is 0 Å². The Hall–Kier alpha value is -2.15. The number of aromatic nitrogens is 1. The Morgan fingerprint density at radius 1 is 0.750 bits per heavy atom. The molecule has 1 aromatic carbocycles. The van der Waals surface area contributed by atoms with Crippen LogP contribution in [0.3, 0.4) is 0 Å². The summed E-state index contributed by atoms with van der Waals surface area (Å²) in [5, 5.41) is 0. The van der Waals surface area contributed by atoms with Crippen LogP contribution in [0.1, 0.15) is 11.1 Å². The fourth-order valence-corrected chi connectivity index (χ4v) is 1.37. The van der Waals surface area contributed by atoms with E-state index in [1.54, 1.807) is 6.20 Å². The van der Waals surface area contributed by atoms with E-state index in [2.05, 4.69) is 23.2 Å². The molecule has 0 aliphatic heterocycles. The summed E-state index contributed by atoms with van der Waals surface area (Å²) in [5.74, 6) is 0. The van der Waals surface area contributed by atoms with Crippen LogP contribution < -0.4 is 0 Å². The summed E-state index contributed by atoms with van der Waals surface area (Å²) in [6, 6.07) is 14.2. The summed E-state index contributed by atoms with van der Waals surface area (Å²) in [6.07, 6.45) is 11.8. The minimum Gasteiger partial charge on any atom is -0.264 e. The fraction of sp³-hybridized carbons (Fsp3) is 0. The molecule has 0 atom stereocenters. The molecule has 16 heavy (non-hydrogen) atoms. The average Bonchev–Trinajstić information content (AvgIpc) is 2.37. The molecule has 1 heterocycles. The topological polar surface area (TPSA) is 12.9 Å². The van der Waals surface area contributed by atoms with Gasteiger partial charge in [0.2, 0.25) is 0 Å². The van der Waals surface area contributed by atoms with Crippen LogP contribution in [-0.4, -0.2) is 4.98 Å². The molecule has 0 aliphatic rings. The molecule has 2 aromatic rings. The summed E-state index contributed by atoms with van der Waals surface area (Å²) in [5.41, 5.74) is 2.32. The first-order chi connectivity index (χ1) is 7.95. The molecule has 0 unspecified atom stereocenters. The van der Waals surface area contributed by atoms with E-state index in [-0.39, 0.29) is 0 Å². The number of rotatable bonds is 3. The zero-order chi connectivity index (χ0) is 11.1. The number of allylic oxidation sites excluding steroid dienone is 2. The second-order valence-corrected chi connectivity index (χ2v) is 3.42. The lowest BCUT2D eigenvalue weighted by molar-refractivity contribution is 1.32. The van der Waals surface area contributed by atoms with Gasteiger partial charge in [-0.05, 0) is 17.2 Å². The van der Waals surface area contributed by atoms with Gasteiger partial charge in [-0.2, -0.15) is 0 Å². The normalized spacial score (nSPS) is 11.2. The van der Waals surface area contributed by atoms with Gasteiger partial charge in [0.25, 0.3) is 0 Å². The molecule has 78 valence electrons. The van der Waals surface area contributed by atoms with E-state index >= 15 is 0 Å². The number of nitrogens with zero attached hydrogens (tertiary/aromatic N) is 1. The van der Waals surface area contributed by atoms with Crippen molar-refractivity contribution in [2.45, 2.75) is 0 Å². The lowest BCUT2D eigenvalue weighted by Gasteiger charge is -1.89. The molecular formula is C15H13N. The van der Waals surface area contributed by atoms with Gasteiger partial charge in [0.05, 0.1) is 0 Å². The Bertz CT molecular complexity index is 422. The van der Waals surface area contributed by atoms with Crippen LogP contribution in [0.2, 0.25) is 0 Å². The maximum atomic E-state index is 4.05. The molecule has 2 rings (SSSR count). The van der Waals surface area contributed by atoms with Gasteiger partial charge in [-0.3, -0.25) is 4.98 Å². The monoisotopic (exact) mass is 207 g/mol. The van der Waals surface area contributed by atoms with Gasteiger partial charge < -0.3 is 0 Å². The predicted molar refractivity (Wildman–Crippen MR) is 68.7 cm³/mol. The Labute approximate surface area is 95.8 Å². The highest BCUT2D eigenvalue weighted by Crippen LogP contribution is 2.02. The average molecular weight is 207 g/mol. The van der Waals surface area contributed by atoms with Crippen molar-refractivity contribution in [2.75, 3.05) is 0 Å². The predicted octanol–water partition coefficient (Wildman–Crippen LogP) is 3.81. The van der Waals surface area contributed by atoms with Gasteiger partial charge in [0.1, 0.15) is 0 Å². The summed E-state index contributed by atoms with van der Waals surface area (Å²) in [6.45, 7) is 0. The number of hydrogen-bond donors (Lipinski definition) is 0. The lowest BCUT2D eigenvalue weighted by Crippen LogP contribution is -1.72. The third-order valence-electron chi connectivity index (χ3n) is 2.17. The van der Waals surface area contributed by atoms with E-state index in [1.807, 2.05) is 54.8 Å². The first kappa shape index (κ1) is 10.4. The lowest BCUT2D eigenvalue weighted by atomic mass is 10.2. The zero-order valence-corrected chi connectivity index (χ0v) is 8.95. The summed E-state index contributed by atoms with van der Waals surface area (Å²) >= 11 is 0. The van der Waals surface area contributed by atoms with Crippen LogP contribution in [-0.2, 0) is 0 Å². The second kappa shape index (κ2) is 5.66. The highest BCUT2D eigenvalue weighted by molar-refractivity contribution is 5.56. The standard InChI is InChI=1S/C15H13N/c1-2-7-14(8-3-1)9-4-5-10-15-11-6-12-16-13-15/h1-13H/b9-4+,10-5+. The first-order valence-electron chi connectivity index (χ1n) is 5.25. The van der Waals surface area contributed by atoms with Gasteiger partial charge in [0, 0.05) is 12.4 Å². The van der Waals surface area contributed by atoms with Gasteiger partial charge in [-0.15, -0.1) is 0 Å². The third kappa shape index (κ3) is 3.21. The molecule has 0 bridgehead atoms. The molecule has 0 saturated heterocycles. The molecule has 1 aromatic heterocycles. The van der Waals surface area contributed by atoms with Crippen molar-refractivity contribution in [1.29, 1.82) is 0 Å². The van der Waals surface area contributed by atoms with E-state index in [0.29, 0.717) is 0 Å². The molecule has 0 fully saturated rings. The molecule has 1 heteroatoms. The van der Waals surface area contributed by atoms with Crippen molar-refractivity contribution in [3.8, 4) is 0 Å². The minimum absolute atomic E-state index is 1.11. The minimum atomic E-state index is 1.11. The summed E-state index contributed by atoms with van der Waals surface area (Å²) in [4.78, 5) is 4.05. The Kier molecular flexibility index (Phi) is 3.67. The van der Waals surface area contributed by atoms with E-state index in [1.165, 1.54) is 5.56 Å². The number of benzene rings is 1. The van der Waals surface area contributed by atoms with Crippen LogP contribution in [0, 0.1) is 0 Å². The van der Waals surface area contributed by atoms with Crippen LogP contribution in [0.25, 0.3) is 12.2 Å². The molecular weight excluding hydrogens is 194 g/mol. The Morgan fingerprint density at radius 2 is 1.44 bits per heavy atom. The number of pyridine rings is 1. The van der Waals surface area contributed by atoms with Gasteiger partial charge in [-0.25, -0.2) is 0 Å². The fourth-order valence-electron chi connectivity index (χ4n) is 1.37. The maximum absolute atomic E-state index is 4.05. The van der Waals surface area contributed by atoms with Crippen molar-refractivity contribution in [1.82, 2.24) is 4.98 Å². The molecule has 0 radical (unpaired) electrons. The van der Waals surface area contributed by atoms with E-state index in [4.69, 9.17) is 0 Å². The largest absolute Gasteiger partial charge is 0.264 e. The van der Waals surface area contributed by atoms with Gasteiger partial charge in [-0.1, -0.05) is 60.7 Å². The smallest absolute Gasteiger partial charge is 0.0340 e. The molecule has 0 N–H and O–H groups in total. The van der Waals surface area contributed by atoms with Crippen molar-refractivity contribution < 1.29 is 0 Å². The maximum Gasteiger partial charge on any atom is 0.0340 e. The second-order valence-electron chi connectivity index (χ2n) is 3.42.